The first kappa shape index (κ1) is 20.8. The lowest BCUT2D eigenvalue weighted by atomic mass is 10.2. The summed E-state index contributed by atoms with van der Waals surface area (Å²) in [7, 11) is -1.77. The second-order valence-electron chi connectivity index (χ2n) is 5.94. The molecule has 0 bridgehead atoms. The number of sulfonamides is 1. The van der Waals surface area contributed by atoms with E-state index in [-0.39, 0.29) is 6.54 Å². The molecule has 0 saturated carbocycles. The molecule has 0 aromatic carbocycles. The van der Waals surface area contributed by atoms with Gasteiger partial charge in [-0.15, -0.1) is 22.7 Å². The van der Waals surface area contributed by atoms with E-state index in [1.807, 2.05) is 6.92 Å². The van der Waals surface area contributed by atoms with Gasteiger partial charge in [0.15, 0.2) is 5.96 Å². The lowest BCUT2D eigenvalue weighted by Crippen LogP contribution is -2.41. The molecule has 2 heterocycles. The Labute approximate surface area is 163 Å². The third kappa shape index (κ3) is 6.04. The Morgan fingerprint density at radius 1 is 1.27 bits per heavy atom. The van der Waals surface area contributed by atoms with E-state index in [4.69, 9.17) is 0 Å². The number of guanidine groups is 1. The number of aryl methyl sites for hydroxylation is 1. The maximum absolute atomic E-state index is 12.1. The van der Waals surface area contributed by atoms with E-state index in [9.17, 15) is 8.42 Å². The quantitative estimate of drug-likeness (QED) is 0.349. The third-order valence-electron chi connectivity index (χ3n) is 3.48. The van der Waals surface area contributed by atoms with Gasteiger partial charge >= 0.3 is 0 Å². The minimum absolute atomic E-state index is 0.273. The van der Waals surface area contributed by atoms with Crippen molar-refractivity contribution in [1.82, 2.24) is 20.3 Å². The Morgan fingerprint density at radius 3 is 2.62 bits per heavy atom. The zero-order valence-electron chi connectivity index (χ0n) is 15.4. The van der Waals surface area contributed by atoms with Gasteiger partial charge in [0.05, 0.1) is 12.2 Å². The van der Waals surface area contributed by atoms with Gasteiger partial charge in [0, 0.05) is 30.4 Å². The van der Waals surface area contributed by atoms with Crippen molar-refractivity contribution in [2.45, 2.75) is 37.4 Å². The summed E-state index contributed by atoms with van der Waals surface area (Å²) in [6.45, 7) is 7.40. The van der Waals surface area contributed by atoms with Crippen molar-refractivity contribution in [3.8, 4) is 0 Å². The lowest BCUT2D eigenvalue weighted by Gasteiger charge is -2.11. The van der Waals surface area contributed by atoms with Gasteiger partial charge in [0.1, 0.15) is 9.22 Å². The fraction of sp³-hybridized carbons (Fsp3) is 0.500. The second-order valence-corrected chi connectivity index (χ2v) is 10.2. The summed E-state index contributed by atoms with van der Waals surface area (Å²) in [6, 6.07) is 3.42. The molecule has 0 aliphatic carbocycles. The molecule has 2 aromatic rings. The van der Waals surface area contributed by atoms with Gasteiger partial charge in [-0.3, -0.25) is 4.99 Å². The van der Waals surface area contributed by atoms with Gasteiger partial charge < -0.3 is 10.6 Å². The highest BCUT2D eigenvalue weighted by Crippen LogP contribution is 2.20. The fourth-order valence-electron chi connectivity index (χ4n) is 2.05. The summed E-state index contributed by atoms with van der Waals surface area (Å²) >= 11 is 2.88. The summed E-state index contributed by atoms with van der Waals surface area (Å²) in [6.07, 6.45) is 0. The smallest absolute Gasteiger partial charge is 0.250 e. The average molecular weight is 416 g/mol. The molecule has 3 N–H and O–H groups in total. The monoisotopic (exact) mass is 415 g/mol. The Bertz CT molecular complexity index is 840. The molecular weight excluding hydrogens is 390 g/mol. The highest BCUT2D eigenvalue weighted by atomic mass is 32.2. The standard InChI is InChI=1S/C16H25N5O2S3/c1-11(2)13-10-24-14(21-13)9-19-16(17-4)18-7-8-20-26(22,23)15-6-5-12(3)25-15/h5-6,10-11,20H,7-9H2,1-4H3,(H2,17,18,19). The average Bonchev–Trinajstić information content (AvgIpc) is 3.23. The number of aromatic nitrogens is 1. The van der Waals surface area contributed by atoms with Crippen LogP contribution in [0, 0.1) is 6.92 Å². The highest BCUT2D eigenvalue weighted by molar-refractivity contribution is 7.91. The Balaban J connectivity index is 1.75. The minimum Gasteiger partial charge on any atom is -0.355 e. The van der Waals surface area contributed by atoms with E-state index < -0.39 is 10.0 Å². The van der Waals surface area contributed by atoms with Crippen LogP contribution in [0.5, 0.6) is 0 Å². The Morgan fingerprint density at radius 2 is 2.04 bits per heavy atom. The van der Waals surface area contributed by atoms with Crippen LogP contribution in [0.2, 0.25) is 0 Å². The number of hydrogen-bond donors (Lipinski definition) is 3. The Hall–Kier alpha value is -1.49. The van der Waals surface area contributed by atoms with Crippen molar-refractivity contribution < 1.29 is 8.42 Å². The first-order chi connectivity index (χ1) is 12.3. The molecule has 0 radical (unpaired) electrons. The van der Waals surface area contributed by atoms with Crippen molar-refractivity contribution in [1.29, 1.82) is 0 Å². The van der Waals surface area contributed by atoms with Crippen LogP contribution in [0.4, 0.5) is 0 Å². The van der Waals surface area contributed by atoms with Crippen molar-refractivity contribution >= 4 is 38.7 Å². The molecule has 0 atom stereocenters. The molecule has 144 valence electrons. The van der Waals surface area contributed by atoms with Crippen LogP contribution in [0.1, 0.15) is 35.3 Å². The fourth-order valence-corrected chi connectivity index (χ4v) is 5.30. The SMILES string of the molecule is CN=C(NCCNS(=O)(=O)c1ccc(C)s1)NCc1nc(C(C)C)cs1. The zero-order chi connectivity index (χ0) is 19.2. The number of hydrogen-bond acceptors (Lipinski definition) is 6. The van der Waals surface area contributed by atoms with Crippen molar-refractivity contribution in [2.75, 3.05) is 20.1 Å². The van der Waals surface area contributed by atoms with Crippen LogP contribution in [-0.2, 0) is 16.6 Å². The first-order valence-electron chi connectivity index (χ1n) is 8.26. The number of nitrogens with one attached hydrogen (secondary N) is 3. The van der Waals surface area contributed by atoms with E-state index in [0.29, 0.717) is 29.2 Å². The number of rotatable bonds is 8. The van der Waals surface area contributed by atoms with E-state index >= 15 is 0 Å². The summed E-state index contributed by atoms with van der Waals surface area (Å²) in [5, 5.41) is 9.33. The molecule has 0 fully saturated rings. The van der Waals surface area contributed by atoms with Gasteiger partial charge in [-0.05, 0) is 25.0 Å². The molecule has 0 unspecified atom stereocenters. The predicted molar refractivity (Wildman–Crippen MR) is 109 cm³/mol. The van der Waals surface area contributed by atoms with Gasteiger partial charge in [-0.25, -0.2) is 18.1 Å². The number of thiophene rings is 1. The van der Waals surface area contributed by atoms with Crippen LogP contribution in [0.25, 0.3) is 0 Å². The topological polar surface area (TPSA) is 95.5 Å². The molecule has 10 heteroatoms. The summed E-state index contributed by atoms with van der Waals surface area (Å²) in [5.41, 5.74) is 1.09. The molecule has 26 heavy (non-hydrogen) atoms. The highest BCUT2D eigenvalue weighted by Gasteiger charge is 2.15. The molecule has 2 aromatic heterocycles. The first-order valence-corrected chi connectivity index (χ1v) is 11.4. The lowest BCUT2D eigenvalue weighted by molar-refractivity contribution is 0.582. The van der Waals surface area contributed by atoms with E-state index in [0.717, 1.165) is 15.6 Å². The maximum atomic E-state index is 12.1. The summed E-state index contributed by atoms with van der Waals surface area (Å²) < 4.78 is 27.2. The van der Waals surface area contributed by atoms with E-state index in [1.54, 1.807) is 30.5 Å². The van der Waals surface area contributed by atoms with Crippen LogP contribution >= 0.6 is 22.7 Å². The van der Waals surface area contributed by atoms with Crippen LogP contribution < -0.4 is 15.4 Å². The largest absolute Gasteiger partial charge is 0.355 e. The van der Waals surface area contributed by atoms with Crippen molar-refractivity contribution in [3.63, 3.8) is 0 Å². The van der Waals surface area contributed by atoms with Crippen molar-refractivity contribution in [3.05, 3.63) is 33.1 Å². The van der Waals surface area contributed by atoms with Crippen molar-refractivity contribution in [2.24, 2.45) is 4.99 Å². The van der Waals surface area contributed by atoms with Gasteiger partial charge in [-0.2, -0.15) is 0 Å². The minimum atomic E-state index is -3.44. The zero-order valence-corrected chi connectivity index (χ0v) is 17.8. The summed E-state index contributed by atoms with van der Waals surface area (Å²) in [4.78, 5) is 9.67. The number of thiazole rings is 1. The van der Waals surface area contributed by atoms with E-state index in [1.165, 1.54) is 11.3 Å². The molecule has 0 spiro atoms. The molecule has 0 aliphatic heterocycles. The van der Waals surface area contributed by atoms with E-state index in [2.05, 4.69) is 44.6 Å². The molecule has 0 aliphatic rings. The molecule has 0 amide bonds. The van der Waals surface area contributed by atoms with Gasteiger partial charge in [0.25, 0.3) is 0 Å². The predicted octanol–water partition coefficient (Wildman–Crippen LogP) is 2.28. The maximum Gasteiger partial charge on any atom is 0.250 e. The number of nitrogens with zero attached hydrogens (tertiary/aromatic N) is 2. The molecule has 7 nitrogen and oxygen atoms in total. The molecule has 0 saturated heterocycles. The van der Waals surface area contributed by atoms with Crippen LogP contribution in [0.3, 0.4) is 0 Å². The normalized spacial score (nSPS) is 12.6. The third-order valence-corrected chi connectivity index (χ3v) is 7.30. The van der Waals surface area contributed by atoms with Crippen LogP contribution in [-0.4, -0.2) is 39.5 Å². The number of aliphatic imine (C=N–C) groups is 1. The second kappa shape index (κ2) is 9.45. The Kier molecular flexibility index (Phi) is 7.56. The van der Waals surface area contributed by atoms with Gasteiger partial charge in [0.2, 0.25) is 10.0 Å². The molecular formula is C16H25N5O2S3. The van der Waals surface area contributed by atoms with Gasteiger partial charge in [-0.1, -0.05) is 13.8 Å². The van der Waals surface area contributed by atoms with Crippen LogP contribution in [0.15, 0.2) is 26.7 Å². The molecule has 2 rings (SSSR count). The summed E-state index contributed by atoms with van der Waals surface area (Å²) in [5.74, 6) is 1.02.